The Morgan fingerprint density at radius 3 is 2.50 bits per heavy atom. The zero-order valence-electron chi connectivity index (χ0n) is 10.6. The number of anilines is 1. The van der Waals surface area contributed by atoms with Crippen molar-refractivity contribution in [3.63, 3.8) is 0 Å². The molecule has 1 aliphatic rings. The first-order valence-corrected chi connectivity index (χ1v) is 5.91. The molecule has 0 saturated carbocycles. The van der Waals surface area contributed by atoms with E-state index in [0.717, 1.165) is 13.1 Å². The van der Waals surface area contributed by atoms with Crippen molar-refractivity contribution in [2.24, 2.45) is 0 Å². The van der Waals surface area contributed by atoms with Crippen LogP contribution in [0.15, 0.2) is 16.5 Å². The van der Waals surface area contributed by atoms with Crippen molar-refractivity contribution in [3.05, 3.63) is 17.9 Å². The van der Waals surface area contributed by atoms with Gasteiger partial charge in [-0.05, 0) is 13.1 Å². The maximum absolute atomic E-state index is 12.1. The van der Waals surface area contributed by atoms with E-state index in [1.54, 1.807) is 17.0 Å². The van der Waals surface area contributed by atoms with Crippen molar-refractivity contribution in [1.82, 2.24) is 9.80 Å². The summed E-state index contributed by atoms with van der Waals surface area (Å²) in [6, 6.07) is 3.18. The van der Waals surface area contributed by atoms with Gasteiger partial charge in [-0.15, -0.1) is 0 Å². The third-order valence-electron chi connectivity index (χ3n) is 2.91. The van der Waals surface area contributed by atoms with Gasteiger partial charge in [-0.3, -0.25) is 14.9 Å². The first-order chi connectivity index (χ1) is 8.56. The van der Waals surface area contributed by atoms with Gasteiger partial charge in [-0.25, -0.2) is 0 Å². The maximum Gasteiger partial charge on any atom is 0.289 e. The number of rotatable bonds is 2. The fourth-order valence-electron chi connectivity index (χ4n) is 1.86. The van der Waals surface area contributed by atoms with E-state index in [9.17, 15) is 9.59 Å². The van der Waals surface area contributed by atoms with Crippen LogP contribution in [0.1, 0.15) is 17.5 Å². The number of hydrogen-bond donors (Lipinski definition) is 1. The van der Waals surface area contributed by atoms with Crippen LogP contribution in [0, 0.1) is 0 Å². The molecule has 0 aromatic carbocycles. The molecule has 0 bridgehead atoms. The molecular formula is C12H17N3O3. The lowest BCUT2D eigenvalue weighted by molar-refractivity contribution is -0.114. The summed E-state index contributed by atoms with van der Waals surface area (Å²) in [6.45, 7) is 4.53. The Morgan fingerprint density at radius 2 is 1.89 bits per heavy atom. The second-order valence-electron chi connectivity index (χ2n) is 4.44. The summed E-state index contributed by atoms with van der Waals surface area (Å²) in [5.74, 6) is 0.228. The van der Waals surface area contributed by atoms with Crippen LogP contribution in [-0.4, -0.2) is 54.8 Å². The molecule has 1 N–H and O–H groups in total. The van der Waals surface area contributed by atoms with Gasteiger partial charge in [-0.1, -0.05) is 0 Å². The molecule has 1 aromatic rings. The molecule has 6 heteroatoms. The highest BCUT2D eigenvalue weighted by atomic mass is 16.4. The molecule has 0 unspecified atom stereocenters. The minimum Gasteiger partial charge on any atom is -0.435 e. The lowest BCUT2D eigenvalue weighted by Gasteiger charge is -2.31. The largest absolute Gasteiger partial charge is 0.435 e. The van der Waals surface area contributed by atoms with Gasteiger partial charge in [-0.2, -0.15) is 0 Å². The van der Waals surface area contributed by atoms with E-state index in [2.05, 4.69) is 10.2 Å². The van der Waals surface area contributed by atoms with Crippen LogP contribution in [0.3, 0.4) is 0 Å². The predicted octanol–water partition coefficient (Wildman–Crippen LogP) is 0.626. The monoisotopic (exact) mass is 251 g/mol. The van der Waals surface area contributed by atoms with Crippen molar-refractivity contribution < 1.29 is 14.0 Å². The van der Waals surface area contributed by atoms with Gasteiger partial charge >= 0.3 is 0 Å². The molecule has 6 nitrogen and oxygen atoms in total. The van der Waals surface area contributed by atoms with E-state index in [1.165, 1.54) is 6.92 Å². The van der Waals surface area contributed by atoms with Gasteiger partial charge in [0.1, 0.15) is 0 Å². The first-order valence-electron chi connectivity index (χ1n) is 5.91. The normalized spacial score (nSPS) is 16.7. The number of amides is 2. The molecule has 98 valence electrons. The number of hydrogen-bond acceptors (Lipinski definition) is 4. The molecule has 1 fully saturated rings. The SMILES string of the molecule is CC(=O)Nc1ccc(C(=O)N2CCN(C)CC2)o1. The molecule has 2 rings (SSSR count). The van der Waals surface area contributed by atoms with Gasteiger partial charge in [0.05, 0.1) is 0 Å². The summed E-state index contributed by atoms with van der Waals surface area (Å²) in [4.78, 5) is 26.9. The van der Waals surface area contributed by atoms with Crippen LogP contribution in [0.4, 0.5) is 5.88 Å². The second kappa shape index (κ2) is 5.22. The van der Waals surface area contributed by atoms with Gasteiger partial charge in [0.15, 0.2) is 11.6 Å². The fraction of sp³-hybridized carbons (Fsp3) is 0.500. The minimum absolute atomic E-state index is 0.125. The molecule has 2 amide bonds. The molecule has 18 heavy (non-hydrogen) atoms. The van der Waals surface area contributed by atoms with Crippen molar-refractivity contribution >= 4 is 17.7 Å². The van der Waals surface area contributed by atoms with Crippen LogP contribution < -0.4 is 5.32 Å². The van der Waals surface area contributed by atoms with E-state index in [1.807, 2.05) is 7.05 Å². The maximum atomic E-state index is 12.1. The molecule has 1 aliphatic heterocycles. The van der Waals surface area contributed by atoms with E-state index < -0.39 is 0 Å². The number of nitrogens with zero attached hydrogens (tertiary/aromatic N) is 2. The van der Waals surface area contributed by atoms with Crippen LogP contribution >= 0.6 is 0 Å². The summed E-state index contributed by atoms with van der Waals surface area (Å²) in [5.41, 5.74) is 0. The summed E-state index contributed by atoms with van der Waals surface area (Å²) in [5, 5.41) is 2.51. The molecule has 0 radical (unpaired) electrons. The average Bonchev–Trinajstić information content (AvgIpc) is 2.76. The smallest absolute Gasteiger partial charge is 0.289 e. The number of piperazine rings is 1. The third-order valence-corrected chi connectivity index (χ3v) is 2.91. The standard InChI is InChI=1S/C12H17N3O3/c1-9(16)13-11-4-3-10(18-11)12(17)15-7-5-14(2)6-8-15/h3-4H,5-8H2,1-2H3,(H,13,16). The van der Waals surface area contributed by atoms with E-state index in [-0.39, 0.29) is 17.6 Å². The Hall–Kier alpha value is -1.82. The zero-order chi connectivity index (χ0) is 13.1. The number of carbonyl (C=O) groups excluding carboxylic acids is 2. The lowest BCUT2D eigenvalue weighted by atomic mass is 10.3. The molecule has 0 atom stereocenters. The minimum atomic E-state index is -0.219. The van der Waals surface area contributed by atoms with Crippen LogP contribution in [-0.2, 0) is 4.79 Å². The molecule has 0 aliphatic carbocycles. The van der Waals surface area contributed by atoms with Gasteiger partial charge in [0.2, 0.25) is 5.91 Å². The van der Waals surface area contributed by atoms with Gasteiger partial charge < -0.3 is 14.2 Å². The second-order valence-corrected chi connectivity index (χ2v) is 4.44. The lowest BCUT2D eigenvalue weighted by Crippen LogP contribution is -2.47. The third kappa shape index (κ3) is 2.89. The Bertz CT molecular complexity index is 447. The van der Waals surface area contributed by atoms with Crippen molar-refractivity contribution in [2.45, 2.75) is 6.92 Å². The summed E-state index contributed by atoms with van der Waals surface area (Å²) in [6.07, 6.45) is 0. The highest BCUT2D eigenvalue weighted by Crippen LogP contribution is 2.16. The van der Waals surface area contributed by atoms with Crippen molar-refractivity contribution in [1.29, 1.82) is 0 Å². The van der Waals surface area contributed by atoms with E-state index >= 15 is 0 Å². The molecule has 1 aromatic heterocycles. The Morgan fingerprint density at radius 1 is 1.22 bits per heavy atom. The highest BCUT2D eigenvalue weighted by molar-refractivity contribution is 5.93. The van der Waals surface area contributed by atoms with E-state index in [4.69, 9.17) is 4.42 Å². The topological polar surface area (TPSA) is 65.8 Å². The molecule has 0 spiro atoms. The van der Waals surface area contributed by atoms with Gasteiger partial charge in [0, 0.05) is 39.2 Å². The summed E-state index contributed by atoms with van der Waals surface area (Å²) < 4.78 is 5.30. The van der Waals surface area contributed by atoms with E-state index in [0.29, 0.717) is 19.0 Å². The van der Waals surface area contributed by atoms with Crippen molar-refractivity contribution in [2.75, 3.05) is 38.5 Å². The number of carbonyl (C=O) groups is 2. The highest BCUT2D eigenvalue weighted by Gasteiger charge is 2.22. The molecular weight excluding hydrogens is 234 g/mol. The van der Waals surface area contributed by atoms with Crippen molar-refractivity contribution in [3.8, 4) is 0 Å². The van der Waals surface area contributed by atoms with Crippen LogP contribution in [0.5, 0.6) is 0 Å². The Labute approximate surface area is 106 Å². The Kier molecular flexibility index (Phi) is 3.66. The summed E-state index contributed by atoms with van der Waals surface area (Å²) >= 11 is 0. The fourth-order valence-corrected chi connectivity index (χ4v) is 1.86. The average molecular weight is 251 g/mol. The zero-order valence-corrected chi connectivity index (χ0v) is 10.6. The Balaban J connectivity index is 2.00. The quantitative estimate of drug-likeness (QED) is 0.837. The van der Waals surface area contributed by atoms with Crippen LogP contribution in [0.25, 0.3) is 0 Å². The number of likely N-dealkylation sites (N-methyl/N-ethyl adjacent to an activating group) is 1. The number of nitrogens with one attached hydrogen (secondary N) is 1. The summed E-state index contributed by atoms with van der Waals surface area (Å²) in [7, 11) is 2.03. The van der Waals surface area contributed by atoms with Gasteiger partial charge in [0.25, 0.3) is 5.91 Å². The number of furan rings is 1. The molecule has 2 heterocycles. The first kappa shape index (κ1) is 12.6. The predicted molar refractivity (Wildman–Crippen MR) is 66.4 cm³/mol. The molecule has 1 saturated heterocycles. The van der Waals surface area contributed by atoms with Crippen LogP contribution in [0.2, 0.25) is 0 Å².